The second kappa shape index (κ2) is 19.1. The molecule has 11 nitrogen and oxygen atoms in total. The van der Waals surface area contributed by atoms with Crippen molar-refractivity contribution in [1.29, 1.82) is 0 Å². The Morgan fingerprint density at radius 1 is 0.672 bits per heavy atom. The SMILES string of the molecule is CC(C)(C)[S@@](=O)N[C@@H]1CCCC12CCN(c1ncc(Sc3cccc(Cl)c3Cl)c3nccn13)CC2.N[C@@H]1CCCC12CCN(c1ncc(Sc3cccc(Cl)c3Cl)c3nccn13)CC2. The van der Waals surface area contributed by atoms with Gasteiger partial charge in [-0.25, -0.2) is 28.9 Å². The number of hydrogen-bond acceptors (Lipinski definition) is 10. The molecule has 4 fully saturated rings. The van der Waals surface area contributed by atoms with Gasteiger partial charge in [-0.15, -0.1) is 0 Å². The summed E-state index contributed by atoms with van der Waals surface area (Å²) < 4.78 is 20.2. The molecule has 2 aromatic carbocycles. The lowest BCUT2D eigenvalue weighted by Gasteiger charge is -2.44. The molecule has 2 aliphatic heterocycles. The standard InChI is InChI=1S/C25H31Cl2N5OS2.C21H23Cl2N5S/c1-24(2,3)35(33)30-20-8-5-9-25(20)10-13-31(14-11-25)23-29-16-19(22-28-12-15-32(22)23)34-18-7-4-6-17(26)21(18)27;22-14-3-1-4-15(18(14)23)29-16-13-26-20(28-12-9-25-19(16)28)27-10-7-21(8-11-27)6-2-5-17(21)24/h4,6-7,12,15-16,20,30H,5,8-11,13-14H2,1-3H3;1,3-4,9,12-13,17H,2,5-8,10-11,24H2/t20-,35-;17-/m11/s1. The van der Waals surface area contributed by atoms with Crippen LogP contribution in [0.1, 0.15) is 85.0 Å². The summed E-state index contributed by atoms with van der Waals surface area (Å²) >= 11 is 28.2. The Balaban J connectivity index is 0.000000165. The van der Waals surface area contributed by atoms with Crippen LogP contribution in [0.2, 0.25) is 20.1 Å². The minimum Gasteiger partial charge on any atom is -0.342 e. The first kappa shape index (κ1) is 46.3. The fourth-order valence-electron chi connectivity index (χ4n) is 10.1. The Bertz CT molecular complexity index is 2660. The van der Waals surface area contributed by atoms with Crippen LogP contribution < -0.4 is 20.3 Å². The van der Waals surface area contributed by atoms with Crippen LogP contribution in [-0.4, -0.2) is 76.0 Å². The molecule has 3 atom stereocenters. The largest absolute Gasteiger partial charge is 0.342 e. The van der Waals surface area contributed by atoms with Crippen molar-refractivity contribution in [3.63, 3.8) is 0 Å². The van der Waals surface area contributed by atoms with E-state index in [1.807, 2.05) is 82.2 Å². The molecule has 6 heterocycles. The quantitative estimate of drug-likeness (QED) is 0.152. The number of rotatable bonds is 8. The smallest absolute Gasteiger partial charge is 0.211 e. The lowest BCUT2D eigenvalue weighted by atomic mass is 9.74. The van der Waals surface area contributed by atoms with Crippen molar-refractivity contribution in [3.8, 4) is 0 Å². The summed E-state index contributed by atoms with van der Waals surface area (Å²) in [6.45, 7) is 9.92. The maximum Gasteiger partial charge on any atom is 0.211 e. The monoisotopic (exact) mass is 998 g/mol. The molecule has 0 radical (unpaired) electrons. The van der Waals surface area contributed by atoms with Crippen LogP contribution in [0.4, 0.5) is 11.9 Å². The predicted molar refractivity (Wildman–Crippen MR) is 265 cm³/mol. The van der Waals surface area contributed by atoms with Crippen LogP contribution in [0.5, 0.6) is 0 Å². The molecule has 0 amide bonds. The maximum absolute atomic E-state index is 12.8. The molecule has 64 heavy (non-hydrogen) atoms. The minimum atomic E-state index is -1.04. The lowest BCUT2D eigenvalue weighted by Crippen LogP contribution is -2.51. The van der Waals surface area contributed by atoms with Crippen LogP contribution in [0.3, 0.4) is 0 Å². The summed E-state index contributed by atoms with van der Waals surface area (Å²) in [7, 11) is -1.04. The number of aromatic nitrogens is 6. The van der Waals surface area contributed by atoms with Gasteiger partial charge in [-0.05, 0) is 107 Å². The molecule has 2 saturated carbocycles. The van der Waals surface area contributed by atoms with Crippen LogP contribution in [0.25, 0.3) is 11.3 Å². The molecule has 2 spiro atoms. The molecule has 0 bridgehead atoms. The molecule has 6 aromatic rings. The highest BCUT2D eigenvalue weighted by Gasteiger charge is 2.47. The molecule has 2 aliphatic carbocycles. The Hall–Kier alpha value is -2.79. The topological polar surface area (TPSA) is 122 Å². The summed E-state index contributed by atoms with van der Waals surface area (Å²) in [6, 6.07) is 12.0. The summed E-state index contributed by atoms with van der Waals surface area (Å²) in [6.07, 6.45) is 23.0. The molecule has 3 N–H and O–H groups in total. The number of anilines is 2. The average molecular weight is 1000 g/mol. The minimum absolute atomic E-state index is 0.213. The molecule has 4 aromatic heterocycles. The fourth-order valence-corrected chi connectivity index (χ4v) is 13.8. The van der Waals surface area contributed by atoms with Crippen molar-refractivity contribution in [1.82, 2.24) is 33.5 Å². The van der Waals surface area contributed by atoms with E-state index in [1.54, 1.807) is 12.1 Å². The molecule has 4 aliphatic rings. The van der Waals surface area contributed by atoms with Gasteiger partial charge in [0.1, 0.15) is 0 Å². The summed E-state index contributed by atoms with van der Waals surface area (Å²) in [5.41, 5.74) is 8.74. The number of fused-ring (bicyclic) bond motifs is 2. The van der Waals surface area contributed by atoms with E-state index in [9.17, 15) is 4.21 Å². The molecule has 340 valence electrons. The number of nitrogens with zero attached hydrogens (tertiary/aromatic N) is 8. The third-order valence-electron chi connectivity index (χ3n) is 13.8. The Kier molecular flexibility index (Phi) is 13.8. The van der Waals surface area contributed by atoms with Gasteiger partial charge in [0.2, 0.25) is 11.9 Å². The number of hydrogen-bond donors (Lipinski definition) is 2. The van der Waals surface area contributed by atoms with Crippen LogP contribution in [0, 0.1) is 10.8 Å². The van der Waals surface area contributed by atoms with Crippen LogP contribution >= 0.6 is 69.9 Å². The van der Waals surface area contributed by atoms with E-state index in [2.05, 4.69) is 33.3 Å². The normalized spacial score (nSPS) is 21.2. The second-order valence-corrected chi connectivity index (χ2v) is 24.3. The summed E-state index contributed by atoms with van der Waals surface area (Å²) in [5.74, 6) is 1.86. The second-order valence-electron chi connectivity index (χ2n) is 18.5. The highest BCUT2D eigenvalue weighted by Crippen LogP contribution is 2.49. The van der Waals surface area contributed by atoms with Gasteiger partial charge in [0, 0.05) is 85.2 Å². The van der Waals surface area contributed by atoms with E-state index in [-0.39, 0.29) is 10.2 Å². The van der Waals surface area contributed by atoms with Gasteiger partial charge >= 0.3 is 0 Å². The van der Waals surface area contributed by atoms with Crippen molar-refractivity contribution in [2.75, 3.05) is 36.0 Å². The van der Waals surface area contributed by atoms with Crippen molar-refractivity contribution >= 4 is 104 Å². The van der Waals surface area contributed by atoms with E-state index in [0.717, 1.165) is 101 Å². The van der Waals surface area contributed by atoms with Gasteiger partial charge in [-0.2, -0.15) is 0 Å². The van der Waals surface area contributed by atoms with Crippen molar-refractivity contribution in [3.05, 3.63) is 93.7 Å². The molecule has 0 unspecified atom stereocenters. The van der Waals surface area contributed by atoms with E-state index in [1.165, 1.54) is 55.6 Å². The molecule has 18 heteroatoms. The molecule has 2 saturated heterocycles. The van der Waals surface area contributed by atoms with Gasteiger partial charge in [-0.1, -0.05) is 94.9 Å². The highest BCUT2D eigenvalue weighted by molar-refractivity contribution is 8.00. The van der Waals surface area contributed by atoms with Crippen LogP contribution in [-0.2, 0) is 11.0 Å². The van der Waals surface area contributed by atoms with Gasteiger partial charge < -0.3 is 15.5 Å². The van der Waals surface area contributed by atoms with Crippen molar-refractivity contribution < 1.29 is 4.21 Å². The third-order valence-corrected chi connectivity index (χ3v) is 19.4. The Morgan fingerprint density at radius 2 is 1.14 bits per heavy atom. The fraction of sp³-hybridized carbons (Fsp3) is 0.478. The first-order valence-electron chi connectivity index (χ1n) is 22.1. The Labute approximate surface area is 406 Å². The van der Waals surface area contributed by atoms with Gasteiger partial charge in [0.05, 0.1) is 45.6 Å². The van der Waals surface area contributed by atoms with E-state index < -0.39 is 11.0 Å². The zero-order valence-corrected chi connectivity index (χ0v) is 41.8. The first-order valence-corrected chi connectivity index (χ1v) is 26.4. The summed E-state index contributed by atoms with van der Waals surface area (Å²) in [4.78, 5) is 27.2. The molecule has 10 rings (SSSR count). The van der Waals surface area contributed by atoms with Crippen molar-refractivity contribution in [2.45, 2.75) is 121 Å². The number of halogens is 4. The number of benzene rings is 2. The summed E-state index contributed by atoms with van der Waals surface area (Å²) in [5, 5.41) is 2.19. The van der Waals surface area contributed by atoms with Crippen LogP contribution in [0.15, 0.2) is 93.2 Å². The predicted octanol–water partition coefficient (Wildman–Crippen LogP) is 11.7. The number of nitrogens with one attached hydrogen (secondary N) is 1. The number of piperidine rings is 2. The maximum atomic E-state index is 12.8. The third kappa shape index (κ3) is 9.26. The zero-order valence-electron chi connectivity index (χ0n) is 36.3. The van der Waals surface area contributed by atoms with Crippen molar-refractivity contribution in [2.24, 2.45) is 16.6 Å². The van der Waals surface area contributed by atoms with Gasteiger partial charge in [0.25, 0.3) is 0 Å². The van der Waals surface area contributed by atoms with E-state index in [4.69, 9.17) is 62.1 Å². The first-order chi connectivity index (χ1) is 30.7. The highest BCUT2D eigenvalue weighted by atomic mass is 35.5. The molecular weight excluding hydrogens is 947 g/mol. The zero-order chi connectivity index (χ0) is 44.8. The lowest BCUT2D eigenvalue weighted by molar-refractivity contribution is 0.187. The van der Waals surface area contributed by atoms with Gasteiger partial charge in [0.15, 0.2) is 11.3 Å². The van der Waals surface area contributed by atoms with E-state index >= 15 is 0 Å². The van der Waals surface area contributed by atoms with E-state index in [0.29, 0.717) is 37.6 Å². The van der Waals surface area contributed by atoms with Gasteiger partial charge in [-0.3, -0.25) is 8.80 Å². The number of nitrogens with two attached hydrogens (primary N) is 1. The Morgan fingerprint density at radius 3 is 1.61 bits per heavy atom. The average Bonchev–Trinajstić information content (AvgIpc) is 4.11. The molecular formula is C46H54Cl4N10OS3. The number of imidazole rings is 2.